The zero-order chi connectivity index (χ0) is 17.6. The first-order valence-corrected chi connectivity index (χ1v) is 9.19. The van der Waals surface area contributed by atoms with E-state index in [1.807, 2.05) is 42.7 Å². The van der Waals surface area contributed by atoms with Gasteiger partial charge in [0.1, 0.15) is 11.9 Å². The van der Waals surface area contributed by atoms with Crippen LogP contribution in [0.4, 0.5) is 11.4 Å². The molecule has 1 unspecified atom stereocenters. The van der Waals surface area contributed by atoms with E-state index in [0.717, 1.165) is 28.4 Å². The lowest BCUT2D eigenvalue weighted by Gasteiger charge is -2.18. The first-order chi connectivity index (χ1) is 12.2. The molecule has 1 aromatic heterocycles. The number of hydrogen-bond acceptors (Lipinski definition) is 4. The fraction of sp³-hybridized carbons (Fsp3) is 0.200. The Kier molecular flexibility index (Phi) is 5.56. The summed E-state index contributed by atoms with van der Waals surface area (Å²) in [4.78, 5) is 5.26. The fourth-order valence-electron chi connectivity index (χ4n) is 2.62. The van der Waals surface area contributed by atoms with Crippen molar-refractivity contribution in [3.8, 4) is 5.75 Å². The molecule has 2 aromatic carbocycles. The molecule has 3 rings (SSSR count). The molecule has 3 aromatic rings. The van der Waals surface area contributed by atoms with E-state index in [1.54, 1.807) is 11.8 Å². The normalized spacial score (nSPS) is 12.0. The molecule has 5 heteroatoms. The first kappa shape index (κ1) is 17.3. The maximum absolute atomic E-state index is 6.24. The van der Waals surface area contributed by atoms with Crippen LogP contribution in [0, 0.1) is 0 Å². The Hall–Kier alpha value is -2.53. The fourth-order valence-corrected chi connectivity index (χ4v) is 3.54. The van der Waals surface area contributed by atoms with Gasteiger partial charge in [-0.3, -0.25) is 0 Å². The predicted molar refractivity (Wildman–Crippen MR) is 105 cm³/mol. The number of anilines is 2. The molecule has 0 fully saturated rings. The first-order valence-electron chi connectivity index (χ1n) is 8.38. The van der Waals surface area contributed by atoms with Crippen LogP contribution in [0.3, 0.4) is 0 Å². The second-order valence-electron chi connectivity index (χ2n) is 5.91. The molecular weight excluding hydrogens is 330 g/mol. The van der Waals surface area contributed by atoms with Gasteiger partial charge in [0.2, 0.25) is 0 Å². The quantitative estimate of drug-likeness (QED) is 0.507. The largest absolute Gasteiger partial charge is 0.486 e. The second-order valence-corrected chi connectivity index (χ2v) is 7.05. The molecule has 4 nitrogen and oxygen atoms in total. The van der Waals surface area contributed by atoms with Crippen molar-refractivity contribution in [2.45, 2.75) is 35.7 Å². The zero-order valence-corrected chi connectivity index (χ0v) is 15.1. The number of rotatable bonds is 7. The van der Waals surface area contributed by atoms with Gasteiger partial charge in [0.05, 0.1) is 11.4 Å². The molecule has 0 saturated carbocycles. The average molecular weight is 353 g/mol. The van der Waals surface area contributed by atoms with Crippen molar-refractivity contribution >= 4 is 23.1 Å². The van der Waals surface area contributed by atoms with Crippen molar-refractivity contribution in [3.05, 3.63) is 66.5 Å². The Labute approximate surface area is 152 Å². The monoisotopic (exact) mass is 353 g/mol. The third-order valence-corrected chi connectivity index (χ3v) is 4.90. The van der Waals surface area contributed by atoms with E-state index >= 15 is 0 Å². The number of aromatic amines is 1. The molecule has 0 bridgehead atoms. The van der Waals surface area contributed by atoms with E-state index in [0.29, 0.717) is 11.4 Å². The summed E-state index contributed by atoms with van der Waals surface area (Å²) in [6.07, 6.45) is 6.03. The van der Waals surface area contributed by atoms with Gasteiger partial charge in [-0.05, 0) is 48.9 Å². The standard InChI is InChI=1S/C20H23N3OS/c1-2-4-20(14-9-10-23-13-14)24-15-5-3-6-16(11-15)25-17-7-8-18(21)19(22)12-17/h3,5-13,20,23H,2,4,21-22H2,1H3. The Balaban J connectivity index is 1.75. The molecule has 0 aliphatic carbocycles. The highest BCUT2D eigenvalue weighted by molar-refractivity contribution is 7.99. The highest BCUT2D eigenvalue weighted by atomic mass is 32.2. The maximum Gasteiger partial charge on any atom is 0.125 e. The maximum atomic E-state index is 6.24. The summed E-state index contributed by atoms with van der Waals surface area (Å²) in [6, 6.07) is 15.9. The highest BCUT2D eigenvalue weighted by Gasteiger charge is 2.13. The number of aromatic nitrogens is 1. The SMILES string of the molecule is CCCC(Oc1cccc(Sc2ccc(N)c(N)c2)c1)c1cc[nH]c1. The Morgan fingerprint density at radius 3 is 2.60 bits per heavy atom. The smallest absolute Gasteiger partial charge is 0.125 e. The minimum atomic E-state index is 0.0590. The van der Waals surface area contributed by atoms with Crippen molar-refractivity contribution in [3.63, 3.8) is 0 Å². The van der Waals surface area contributed by atoms with Crippen LogP contribution in [-0.2, 0) is 0 Å². The van der Waals surface area contributed by atoms with Crippen molar-refractivity contribution in [1.82, 2.24) is 4.98 Å². The number of benzene rings is 2. The van der Waals surface area contributed by atoms with Gasteiger partial charge >= 0.3 is 0 Å². The lowest BCUT2D eigenvalue weighted by atomic mass is 10.1. The molecule has 130 valence electrons. The van der Waals surface area contributed by atoms with Crippen LogP contribution >= 0.6 is 11.8 Å². The Morgan fingerprint density at radius 1 is 1.04 bits per heavy atom. The molecule has 0 saturated heterocycles. The van der Waals surface area contributed by atoms with E-state index in [-0.39, 0.29) is 6.10 Å². The van der Waals surface area contributed by atoms with E-state index in [4.69, 9.17) is 16.2 Å². The summed E-state index contributed by atoms with van der Waals surface area (Å²) < 4.78 is 6.24. The molecule has 0 radical (unpaired) electrons. The average Bonchev–Trinajstić information content (AvgIpc) is 3.13. The molecule has 5 N–H and O–H groups in total. The Morgan fingerprint density at radius 2 is 1.88 bits per heavy atom. The van der Waals surface area contributed by atoms with Crippen LogP contribution < -0.4 is 16.2 Å². The van der Waals surface area contributed by atoms with Gasteiger partial charge in [-0.25, -0.2) is 0 Å². The second kappa shape index (κ2) is 8.03. The van der Waals surface area contributed by atoms with Gasteiger partial charge in [-0.2, -0.15) is 0 Å². The Bertz CT molecular complexity index is 818. The van der Waals surface area contributed by atoms with E-state index < -0.39 is 0 Å². The van der Waals surface area contributed by atoms with Crippen LogP contribution in [-0.4, -0.2) is 4.98 Å². The van der Waals surface area contributed by atoms with Gasteiger partial charge < -0.3 is 21.2 Å². The van der Waals surface area contributed by atoms with Crippen LogP contribution in [0.25, 0.3) is 0 Å². The molecule has 0 aliphatic rings. The highest BCUT2D eigenvalue weighted by Crippen LogP contribution is 2.34. The minimum absolute atomic E-state index is 0.0590. The number of nitrogens with two attached hydrogens (primary N) is 2. The molecule has 0 amide bonds. The van der Waals surface area contributed by atoms with Crippen molar-refractivity contribution < 1.29 is 4.74 Å². The summed E-state index contributed by atoms with van der Waals surface area (Å²) in [5.74, 6) is 0.869. The molecular formula is C20H23N3OS. The topological polar surface area (TPSA) is 77.1 Å². The number of hydrogen-bond donors (Lipinski definition) is 3. The van der Waals surface area contributed by atoms with Crippen molar-refractivity contribution in [1.29, 1.82) is 0 Å². The number of nitrogens with one attached hydrogen (secondary N) is 1. The lowest BCUT2D eigenvalue weighted by molar-refractivity contribution is 0.193. The van der Waals surface area contributed by atoms with Crippen LogP contribution in [0.2, 0.25) is 0 Å². The van der Waals surface area contributed by atoms with Crippen molar-refractivity contribution in [2.75, 3.05) is 11.5 Å². The number of H-pyrrole nitrogens is 1. The summed E-state index contributed by atoms with van der Waals surface area (Å²) in [5, 5.41) is 0. The van der Waals surface area contributed by atoms with E-state index in [1.165, 1.54) is 5.56 Å². The summed E-state index contributed by atoms with van der Waals surface area (Å²) in [7, 11) is 0. The van der Waals surface area contributed by atoms with Crippen LogP contribution in [0.15, 0.2) is 70.7 Å². The minimum Gasteiger partial charge on any atom is -0.486 e. The van der Waals surface area contributed by atoms with E-state index in [9.17, 15) is 0 Å². The van der Waals surface area contributed by atoms with Gasteiger partial charge in [0, 0.05) is 27.7 Å². The van der Waals surface area contributed by atoms with Crippen LogP contribution in [0.1, 0.15) is 31.4 Å². The predicted octanol–water partition coefficient (Wildman–Crippen LogP) is 5.25. The van der Waals surface area contributed by atoms with Gasteiger partial charge in [-0.1, -0.05) is 31.2 Å². The molecule has 1 atom stereocenters. The summed E-state index contributed by atoms with van der Waals surface area (Å²) in [6.45, 7) is 2.17. The number of ether oxygens (including phenoxy) is 1. The molecule has 0 aliphatic heterocycles. The van der Waals surface area contributed by atoms with E-state index in [2.05, 4.69) is 30.1 Å². The van der Waals surface area contributed by atoms with Gasteiger partial charge in [-0.15, -0.1) is 0 Å². The van der Waals surface area contributed by atoms with Gasteiger partial charge in [0.25, 0.3) is 0 Å². The van der Waals surface area contributed by atoms with Gasteiger partial charge in [0.15, 0.2) is 0 Å². The molecule has 25 heavy (non-hydrogen) atoms. The zero-order valence-electron chi connectivity index (χ0n) is 14.2. The lowest BCUT2D eigenvalue weighted by Crippen LogP contribution is -2.06. The van der Waals surface area contributed by atoms with Crippen molar-refractivity contribution in [2.24, 2.45) is 0 Å². The molecule has 0 spiro atoms. The third kappa shape index (κ3) is 4.51. The molecule has 1 heterocycles. The summed E-state index contributed by atoms with van der Waals surface area (Å²) in [5.41, 5.74) is 14.1. The van der Waals surface area contributed by atoms with Crippen LogP contribution in [0.5, 0.6) is 5.75 Å². The third-order valence-electron chi connectivity index (χ3n) is 3.92. The number of nitrogen functional groups attached to an aromatic ring is 2. The summed E-state index contributed by atoms with van der Waals surface area (Å²) >= 11 is 1.64.